The number of nitrogens with one attached hydrogen (secondary N) is 2. The summed E-state index contributed by atoms with van der Waals surface area (Å²) in [5, 5.41) is 14.0. The van der Waals surface area contributed by atoms with Crippen LogP contribution in [0, 0.1) is 5.92 Å². The van der Waals surface area contributed by atoms with Gasteiger partial charge < -0.3 is 5.32 Å². The molecule has 0 atom stereocenters. The molecule has 1 fully saturated rings. The average molecular weight is 287 g/mol. The zero-order valence-corrected chi connectivity index (χ0v) is 12.3. The number of aromatic amines is 1. The molecule has 6 nitrogen and oxygen atoms in total. The summed E-state index contributed by atoms with van der Waals surface area (Å²) in [6, 6.07) is 1.93. The number of amides is 1. The van der Waals surface area contributed by atoms with E-state index in [-0.39, 0.29) is 5.91 Å². The lowest BCUT2D eigenvalue weighted by atomic mass is 9.86. The van der Waals surface area contributed by atoms with Gasteiger partial charge in [0, 0.05) is 25.0 Å². The van der Waals surface area contributed by atoms with Crippen molar-refractivity contribution >= 4 is 11.7 Å². The number of aromatic nitrogens is 4. The first kappa shape index (κ1) is 13.9. The Morgan fingerprint density at radius 3 is 2.95 bits per heavy atom. The highest BCUT2D eigenvalue weighted by atomic mass is 16.1. The number of anilines is 1. The Labute approximate surface area is 123 Å². The van der Waals surface area contributed by atoms with Crippen molar-refractivity contribution in [1.82, 2.24) is 20.0 Å². The van der Waals surface area contributed by atoms with Gasteiger partial charge in [-0.2, -0.15) is 10.2 Å². The van der Waals surface area contributed by atoms with E-state index in [2.05, 4.69) is 20.6 Å². The average Bonchev–Trinajstić information content (AvgIpc) is 3.09. The van der Waals surface area contributed by atoms with Gasteiger partial charge >= 0.3 is 0 Å². The minimum Gasteiger partial charge on any atom is -0.305 e. The molecule has 0 spiro atoms. The van der Waals surface area contributed by atoms with E-state index in [1.807, 2.05) is 6.07 Å². The van der Waals surface area contributed by atoms with Crippen LogP contribution in [0.15, 0.2) is 18.5 Å². The predicted molar refractivity (Wildman–Crippen MR) is 80.0 cm³/mol. The standard InChI is InChI=1S/C15H21N5O/c1-20-10-12(9-16-20)15(21)17-14-8-13(18-19-14)7-11-5-3-2-4-6-11/h8-11H,2-7H2,1H3,(H2,17,18,19,21). The monoisotopic (exact) mass is 287 g/mol. The fraction of sp³-hybridized carbons (Fsp3) is 0.533. The van der Waals surface area contributed by atoms with Gasteiger partial charge in [-0.1, -0.05) is 32.1 Å². The van der Waals surface area contributed by atoms with Gasteiger partial charge in [-0.05, 0) is 12.3 Å². The second kappa shape index (κ2) is 6.11. The smallest absolute Gasteiger partial charge is 0.260 e. The molecule has 6 heteroatoms. The number of nitrogens with zero attached hydrogens (tertiary/aromatic N) is 3. The third-order valence-electron chi connectivity index (χ3n) is 4.07. The highest BCUT2D eigenvalue weighted by molar-refractivity contribution is 6.03. The van der Waals surface area contributed by atoms with E-state index in [1.165, 1.54) is 32.1 Å². The molecular formula is C15H21N5O. The fourth-order valence-corrected chi connectivity index (χ4v) is 2.96. The number of hydrogen-bond acceptors (Lipinski definition) is 3. The van der Waals surface area contributed by atoms with Gasteiger partial charge in [-0.15, -0.1) is 0 Å². The van der Waals surface area contributed by atoms with E-state index in [9.17, 15) is 4.79 Å². The fourth-order valence-electron chi connectivity index (χ4n) is 2.96. The molecule has 0 radical (unpaired) electrons. The molecule has 1 amide bonds. The van der Waals surface area contributed by atoms with Crippen molar-refractivity contribution in [2.24, 2.45) is 13.0 Å². The van der Waals surface area contributed by atoms with E-state index in [4.69, 9.17) is 0 Å². The lowest BCUT2D eigenvalue weighted by Gasteiger charge is -2.20. The first-order valence-corrected chi connectivity index (χ1v) is 7.55. The maximum atomic E-state index is 12.0. The van der Waals surface area contributed by atoms with Crippen molar-refractivity contribution in [3.05, 3.63) is 29.7 Å². The van der Waals surface area contributed by atoms with Crippen molar-refractivity contribution in [2.75, 3.05) is 5.32 Å². The zero-order chi connectivity index (χ0) is 14.7. The van der Waals surface area contributed by atoms with Crippen LogP contribution in [-0.4, -0.2) is 25.9 Å². The molecular weight excluding hydrogens is 266 g/mol. The highest BCUT2D eigenvalue weighted by Gasteiger charge is 2.16. The van der Waals surface area contributed by atoms with E-state index < -0.39 is 0 Å². The molecule has 0 aliphatic heterocycles. The summed E-state index contributed by atoms with van der Waals surface area (Å²) < 4.78 is 1.61. The van der Waals surface area contributed by atoms with Crippen LogP contribution in [0.25, 0.3) is 0 Å². The highest BCUT2D eigenvalue weighted by Crippen LogP contribution is 2.26. The van der Waals surface area contributed by atoms with E-state index in [1.54, 1.807) is 24.1 Å². The largest absolute Gasteiger partial charge is 0.305 e. The summed E-state index contributed by atoms with van der Waals surface area (Å²) in [5.41, 5.74) is 1.64. The minimum absolute atomic E-state index is 0.182. The molecule has 0 saturated heterocycles. The molecule has 2 heterocycles. The van der Waals surface area contributed by atoms with Gasteiger partial charge in [0.15, 0.2) is 5.82 Å². The van der Waals surface area contributed by atoms with Gasteiger partial charge in [0.1, 0.15) is 0 Å². The predicted octanol–water partition coefficient (Wildman–Crippen LogP) is 2.52. The summed E-state index contributed by atoms with van der Waals surface area (Å²) in [6.07, 6.45) is 10.9. The second-order valence-electron chi connectivity index (χ2n) is 5.84. The van der Waals surface area contributed by atoms with Gasteiger partial charge in [-0.25, -0.2) is 0 Å². The summed E-state index contributed by atoms with van der Waals surface area (Å²) in [4.78, 5) is 12.0. The maximum absolute atomic E-state index is 12.0. The Kier molecular flexibility index (Phi) is 4.03. The number of H-pyrrole nitrogens is 1. The molecule has 2 aromatic heterocycles. The summed E-state index contributed by atoms with van der Waals surface area (Å²) in [5.74, 6) is 1.15. The molecule has 1 saturated carbocycles. The zero-order valence-electron chi connectivity index (χ0n) is 12.3. The third-order valence-corrected chi connectivity index (χ3v) is 4.07. The normalized spacial score (nSPS) is 16.0. The SMILES string of the molecule is Cn1cc(C(=O)Nc2cc(CC3CCCCC3)[nH]n2)cn1. The number of hydrogen-bond donors (Lipinski definition) is 2. The topological polar surface area (TPSA) is 75.6 Å². The van der Waals surface area contributed by atoms with Crippen molar-refractivity contribution < 1.29 is 4.79 Å². The molecule has 0 unspecified atom stereocenters. The second-order valence-corrected chi connectivity index (χ2v) is 5.84. The van der Waals surface area contributed by atoms with Crippen LogP contribution in [0.1, 0.15) is 48.2 Å². The Hall–Kier alpha value is -2.11. The van der Waals surface area contributed by atoms with Gasteiger partial charge in [-0.3, -0.25) is 14.6 Å². The Morgan fingerprint density at radius 2 is 2.24 bits per heavy atom. The van der Waals surface area contributed by atoms with Crippen LogP contribution in [0.2, 0.25) is 0 Å². The number of carbonyl (C=O) groups is 1. The van der Waals surface area contributed by atoms with Crippen LogP contribution in [0.5, 0.6) is 0 Å². The number of aryl methyl sites for hydroxylation is 1. The van der Waals surface area contributed by atoms with Gasteiger partial charge in [0.25, 0.3) is 5.91 Å². The van der Waals surface area contributed by atoms with Crippen LogP contribution in [0.3, 0.4) is 0 Å². The lowest BCUT2D eigenvalue weighted by Crippen LogP contribution is -2.11. The van der Waals surface area contributed by atoms with Crippen LogP contribution in [0.4, 0.5) is 5.82 Å². The van der Waals surface area contributed by atoms with Gasteiger partial charge in [0.2, 0.25) is 0 Å². The van der Waals surface area contributed by atoms with Crippen LogP contribution in [-0.2, 0) is 13.5 Å². The molecule has 1 aliphatic carbocycles. The Morgan fingerprint density at radius 1 is 1.43 bits per heavy atom. The quantitative estimate of drug-likeness (QED) is 0.907. The van der Waals surface area contributed by atoms with Crippen molar-refractivity contribution in [2.45, 2.75) is 38.5 Å². The minimum atomic E-state index is -0.182. The number of rotatable bonds is 4. The first-order valence-electron chi connectivity index (χ1n) is 7.55. The van der Waals surface area contributed by atoms with E-state index in [0.29, 0.717) is 11.4 Å². The molecule has 21 heavy (non-hydrogen) atoms. The number of carbonyl (C=O) groups excluding carboxylic acids is 1. The summed E-state index contributed by atoms with van der Waals surface area (Å²) >= 11 is 0. The van der Waals surface area contributed by atoms with Gasteiger partial charge in [0.05, 0.1) is 11.8 Å². The summed E-state index contributed by atoms with van der Waals surface area (Å²) in [7, 11) is 1.79. The maximum Gasteiger partial charge on any atom is 0.260 e. The van der Waals surface area contributed by atoms with Crippen LogP contribution >= 0.6 is 0 Å². The van der Waals surface area contributed by atoms with Crippen molar-refractivity contribution in [1.29, 1.82) is 0 Å². The molecule has 2 N–H and O–H groups in total. The third kappa shape index (κ3) is 3.51. The lowest BCUT2D eigenvalue weighted by molar-refractivity contribution is 0.102. The molecule has 1 aliphatic rings. The molecule has 0 aromatic carbocycles. The van der Waals surface area contributed by atoms with Crippen molar-refractivity contribution in [3.8, 4) is 0 Å². The van der Waals surface area contributed by atoms with Crippen LogP contribution < -0.4 is 5.32 Å². The molecule has 112 valence electrons. The molecule has 3 rings (SSSR count). The van der Waals surface area contributed by atoms with E-state index >= 15 is 0 Å². The Balaban J connectivity index is 1.58. The van der Waals surface area contributed by atoms with E-state index in [0.717, 1.165) is 18.0 Å². The molecule has 0 bridgehead atoms. The first-order chi connectivity index (χ1) is 10.2. The molecule has 2 aromatic rings. The van der Waals surface area contributed by atoms with Crippen molar-refractivity contribution in [3.63, 3.8) is 0 Å². The Bertz CT molecular complexity index is 609. The summed E-state index contributed by atoms with van der Waals surface area (Å²) in [6.45, 7) is 0.